The molecule has 8 heteroatoms. The summed E-state index contributed by atoms with van der Waals surface area (Å²) in [7, 11) is 2.98. The van der Waals surface area contributed by atoms with Crippen molar-refractivity contribution in [2.24, 2.45) is 0 Å². The molecule has 132 valence electrons. The molecule has 0 radical (unpaired) electrons. The van der Waals surface area contributed by atoms with E-state index in [1.165, 1.54) is 25.3 Å². The van der Waals surface area contributed by atoms with Crippen LogP contribution in [-0.2, 0) is 4.74 Å². The van der Waals surface area contributed by atoms with Crippen LogP contribution in [-0.4, -0.2) is 36.0 Å². The molecule has 26 heavy (non-hydrogen) atoms. The number of carbonyl (C=O) groups is 2. The number of carbonyl (C=O) groups excluding carboxylic acids is 2. The van der Waals surface area contributed by atoms with Gasteiger partial charge in [-0.25, -0.2) is 9.78 Å². The summed E-state index contributed by atoms with van der Waals surface area (Å²) in [6.07, 6.45) is 1.58. The molecule has 3 aromatic rings. The van der Waals surface area contributed by atoms with Crippen LogP contribution in [0.25, 0.3) is 10.9 Å². The highest BCUT2D eigenvalue weighted by atomic mass is 16.5. The van der Waals surface area contributed by atoms with Crippen molar-refractivity contribution in [3.63, 3.8) is 0 Å². The van der Waals surface area contributed by atoms with Gasteiger partial charge in [-0.05, 0) is 36.4 Å². The predicted octanol–water partition coefficient (Wildman–Crippen LogP) is 2.00. The summed E-state index contributed by atoms with van der Waals surface area (Å²) in [5.41, 5.74) is 0.793. The number of hydrogen-bond acceptors (Lipinski definition) is 6. The van der Waals surface area contributed by atoms with E-state index in [4.69, 9.17) is 0 Å². The van der Waals surface area contributed by atoms with E-state index < -0.39 is 17.4 Å². The van der Waals surface area contributed by atoms with Gasteiger partial charge in [0.05, 0.1) is 18.2 Å². The van der Waals surface area contributed by atoms with Crippen LogP contribution in [0.1, 0.15) is 20.7 Å². The normalized spacial score (nSPS) is 10.4. The van der Waals surface area contributed by atoms with E-state index in [-0.39, 0.29) is 5.56 Å². The van der Waals surface area contributed by atoms with Crippen LogP contribution in [0.15, 0.2) is 47.4 Å². The Morgan fingerprint density at radius 1 is 1.15 bits per heavy atom. The van der Waals surface area contributed by atoms with Crippen molar-refractivity contribution in [2.75, 3.05) is 24.8 Å². The maximum absolute atomic E-state index is 12.5. The maximum Gasteiger partial charge on any atom is 0.337 e. The average Bonchev–Trinajstić information content (AvgIpc) is 2.66. The number of rotatable bonds is 4. The Bertz CT molecular complexity index is 1040. The first kappa shape index (κ1) is 17.2. The lowest BCUT2D eigenvalue weighted by Gasteiger charge is -2.08. The van der Waals surface area contributed by atoms with Gasteiger partial charge in [-0.15, -0.1) is 0 Å². The van der Waals surface area contributed by atoms with E-state index >= 15 is 0 Å². The van der Waals surface area contributed by atoms with Crippen LogP contribution in [0, 0.1) is 0 Å². The molecule has 0 aliphatic carbocycles. The molecule has 0 unspecified atom stereocenters. The number of fused-ring (bicyclic) bond motifs is 1. The lowest BCUT2D eigenvalue weighted by Crippen LogP contribution is -2.23. The van der Waals surface area contributed by atoms with E-state index in [1.54, 1.807) is 31.4 Å². The standard InChI is InChI=1S/C18H16N4O4/c1-19-15-14-11(7-8-20-15)9-13(17(24)22-14)16(23)21-12-5-3-10(4-6-12)18(25)26-2/h3-9H,1-2H3,(H,19,20)(H,21,23)(H,22,24). The van der Waals surface area contributed by atoms with Gasteiger partial charge in [-0.1, -0.05) is 0 Å². The number of anilines is 2. The number of aromatic amines is 1. The summed E-state index contributed by atoms with van der Waals surface area (Å²) in [5.74, 6) is -0.505. The fourth-order valence-electron chi connectivity index (χ4n) is 2.49. The number of benzene rings is 1. The second-order valence-electron chi connectivity index (χ2n) is 5.41. The summed E-state index contributed by atoms with van der Waals surface area (Å²) in [5, 5.41) is 6.20. The molecule has 0 saturated heterocycles. The Morgan fingerprint density at radius 3 is 2.54 bits per heavy atom. The third kappa shape index (κ3) is 3.25. The number of aromatic nitrogens is 2. The van der Waals surface area contributed by atoms with Crippen LogP contribution in [0.3, 0.4) is 0 Å². The molecular weight excluding hydrogens is 336 g/mol. The van der Waals surface area contributed by atoms with E-state index in [9.17, 15) is 14.4 Å². The molecule has 1 aromatic carbocycles. The summed E-state index contributed by atoms with van der Waals surface area (Å²) < 4.78 is 4.62. The summed E-state index contributed by atoms with van der Waals surface area (Å²) in [4.78, 5) is 43.0. The first-order valence-corrected chi connectivity index (χ1v) is 7.73. The van der Waals surface area contributed by atoms with E-state index in [0.717, 1.165) is 0 Å². The molecule has 0 saturated carbocycles. The van der Waals surface area contributed by atoms with Crippen molar-refractivity contribution in [2.45, 2.75) is 0 Å². The van der Waals surface area contributed by atoms with E-state index in [2.05, 4.69) is 25.3 Å². The Kier molecular flexibility index (Phi) is 4.66. The van der Waals surface area contributed by atoms with Gasteiger partial charge < -0.3 is 20.4 Å². The van der Waals surface area contributed by atoms with Crippen LogP contribution in [0.2, 0.25) is 0 Å². The molecule has 1 amide bonds. The summed E-state index contributed by atoms with van der Waals surface area (Å²) >= 11 is 0. The number of nitrogens with zero attached hydrogens (tertiary/aromatic N) is 1. The predicted molar refractivity (Wildman–Crippen MR) is 97.6 cm³/mol. The first-order chi connectivity index (χ1) is 12.5. The zero-order chi connectivity index (χ0) is 18.7. The van der Waals surface area contributed by atoms with Gasteiger partial charge in [0.15, 0.2) is 0 Å². The minimum atomic E-state index is -0.554. The molecule has 3 N–H and O–H groups in total. The SMILES string of the molecule is CNc1nccc2cc(C(=O)Nc3ccc(C(=O)OC)cc3)c(=O)[nH]c12. The van der Waals surface area contributed by atoms with Crippen LogP contribution >= 0.6 is 0 Å². The fourth-order valence-corrected chi connectivity index (χ4v) is 2.49. The minimum Gasteiger partial charge on any atom is -0.465 e. The monoisotopic (exact) mass is 352 g/mol. The highest BCUT2D eigenvalue weighted by Gasteiger charge is 2.14. The largest absolute Gasteiger partial charge is 0.465 e. The van der Waals surface area contributed by atoms with Crippen molar-refractivity contribution in [3.05, 3.63) is 64.1 Å². The second kappa shape index (κ2) is 7.06. The topological polar surface area (TPSA) is 113 Å². The number of pyridine rings is 2. The van der Waals surface area contributed by atoms with Crippen molar-refractivity contribution in [1.82, 2.24) is 9.97 Å². The average molecular weight is 352 g/mol. The molecule has 3 rings (SSSR count). The number of methoxy groups -OCH3 is 1. The first-order valence-electron chi connectivity index (χ1n) is 7.73. The van der Waals surface area contributed by atoms with Crippen molar-refractivity contribution in [1.29, 1.82) is 0 Å². The third-order valence-corrected chi connectivity index (χ3v) is 3.81. The Labute approximate surface area is 148 Å². The molecule has 2 heterocycles. The quantitative estimate of drug-likeness (QED) is 0.619. The van der Waals surface area contributed by atoms with Gasteiger partial charge in [0.25, 0.3) is 11.5 Å². The molecule has 0 atom stereocenters. The highest BCUT2D eigenvalue weighted by Crippen LogP contribution is 2.18. The van der Waals surface area contributed by atoms with Gasteiger partial charge >= 0.3 is 5.97 Å². The van der Waals surface area contributed by atoms with Gasteiger partial charge in [0.1, 0.15) is 11.4 Å². The summed E-state index contributed by atoms with van der Waals surface area (Å²) in [6.45, 7) is 0. The van der Waals surface area contributed by atoms with Crippen LogP contribution in [0.4, 0.5) is 11.5 Å². The summed E-state index contributed by atoms with van der Waals surface area (Å²) in [6, 6.07) is 9.38. The molecule has 0 aliphatic rings. The van der Waals surface area contributed by atoms with Crippen molar-refractivity contribution >= 4 is 34.3 Å². The van der Waals surface area contributed by atoms with Crippen molar-refractivity contribution in [3.8, 4) is 0 Å². The van der Waals surface area contributed by atoms with Gasteiger partial charge in [-0.2, -0.15) is 0 Å². The Morgan fingerprint density at radius 2 is 1.88 bits per heavy atom. The molecule has 8 nitrogen and oxygen atoms in total. The maximum atomic E-state index is 12.5. The number of amides is 1. The lowest BCUT2D eigenvalue weighted by molar-refractivity contribution is 0.0600. The lowest BCUT2D eigenvalue weighted by atomic mass is 10.1. The number of ether oxygens (including phenoxy) is 1. The smallest absolute Gasteiger partial charge is 0.337 e. The molecule has 0 bridgehead atoms. The van der Waals surface area contributed by atoms with Gasteiger partial charge in [-0.3, -0.25) is 9.59 Å². The zero-order valence-electron chi connectivity index (χ0n) is 14.1. The molecular formula is C18H16N4O4. The van der Waals surface area contributed by atoms with Crippen molar-refractivity contribution < 1.29 is 14.3 Å². The van der Waals surface area contributed by atoms with E-state index in [1.807, 2.05) is 0 Å². The van der Waals surface area contributed by atoms with Crippen LogP contribution < -0.4 is 16.2 Å². The molecule has 2 aromatic heterocycles. The molecule has 0 fully saturated rings. The van der Waals surface area contributed by atoms with E-state index in [0.29, 0.717) is 28.0 Å². The van der Waals surface area contributed by atoms with Gasteiger partial charge in [0, 0.05) is 24.3 Å². The fraction of sp³-hybridized carbons (Fsp3) is 0.111. The number of H-pyrrole nitrogens is 1. The second-order valence-corrected chi connectivity index (χ2v) is 5.41. The Hall–Kier alpha value is -3.68. The number of hydrogen-bond donors (Lipinski definition) is 3. The Balaban J connectivity index is 1.89. The number of nitrogens with one attached hydrogen (secondary N) is 3. The highest BCUT2D eigenvalue weighted by molar-refractivity contribution is 6.06. The van der Waals surface area contributed by atoms with Gasteiger partial charge in [0.2, 0.25) is 0 Å². The zero-order valence-corrected chi connectivity index (χ0v) is 14.1. The molecule has 0 aliphatic heterocycles. The van der Waals surface area contributed by atoms with Crippen LogP contribution in [0.5, 0.6) is 0 Å². The minimum absolute atomic E-state index is 0.0252. The third-order valence-electron chi connectivity index (χ3n) is 3.81. The molecule has 0 spiro atoms. The number of esters is 1.